The van der Waals surface area contributed by atoms with Crippen molar-refractivity contribution in [3.63, 3.8) is 0 Å². The molecule has 0 atom stereocenters. The second kappa shape index (κ2) is 6.08. The quantitative estimate of drug-likeness (QED) is 0.808. The Bertz CT molecular complexity index is 659. The topological polar surface area (TPSA) is 96.1 Å². The van der Waals surface area contributed by atoms with Crippen LogP contribution in [0.2, 0.25) is 0 Å². The number of ether oxygens (including phenoxy) is 1. The number of aryl methyl sites for hydroxylation is 2. The van der Waals surface area contributed by atoms with Crippen molar-refractivity contribution in [2.45, 2.75) is 13.8 Å². The fraction of sp³-hybridized carbons (Fsp3) is 0.214. The Balaban J connectivity index is 2.15. The maximum atomic E-state index is 12.2. The van der Waals surface area contributed by atoms with Crippen molar-refractivity contribution in [2.24, 2.45) is 0 Å². The monoisotopic (exact) mass is 288 g/mol. The molecule has 1 heterocycles. The molecule has 0 bridgehead atoms. The Labute approximate surface area is 121 Å². The average Bonchev–Trinajstić information content (AvgIpc) is 2.78. The molecule has 1 aromatic carbocycles. The number of aromatic nitrogens is 2. The number of hydrogen-bond acceptors (Lipinski definition) is 4. The molecule has 0 fully saturated rings. The van der Waals surface area contributed by atoms with Gasteiger partial charge in [-0.1, -0.05) is 6.07 Å². The molecule has 21 heavy (non-hydrogen) atoms. The number of benzene rings is 1. The van der Waals surface area contributed by atoms with Crippen LogP contribution in [0.15, 0.2) is 24.3 Å². The van der Waals surface area contributed by atoms with Gasteiger partial charge in [0, 0.05) is 17.1 Å². The number of methoxy groups -OCH3 is 1. The molecule has 2 amide bonds. The number of nitrogens with zero attached hydrogens (tertiary/aromatic N) is 1. The van der Waals surface area contributed by atoms with Crippen LogP contribution in [0.1, 0.15) is 21.7 Å². The molecule has 7 nitrogen and oxygen atoms in total. The van der Waals surface area contributed by atoms with E-state index in [9.17, 15) is 9.59 Å². The zero-order valence-corrected chi connectivity index (χ0v) is 12.0. The highest BCUT2D eigenvalue weighted by molar-refractivity contribution is 6.06. The van der Waals surface area contributed by atoms with E-state index in [-0.39, 0.29) is 5.91 Å². The molecule has 2 rings (SSSR count). The SMILES string of the molecule is COC(=O)Nc1cccc(NC(=O)c2c(C)n[nH]c2C)c1. The predicted octanol–water partition coefficient (Wildman–Crippen LogP) is 2.46. The molecule has 0 spiro atoms. The van der Waals surface area contributed by atoms with E-state index in [1.807, 2.05) is 0 Å². The van der Waals surface area contributed by atoms with Gasteiger partial charge in [0.05, 0.1) is 18.4 Å². The molecular weight excluding hydrogens is 272 g/mol. The summed E-state index contributed by atoms with van der Waals surface area (Å²) in [7, 11) is 1.28. The zero-order valence-electron chi connectivity index (χ0n) is 12.0. The Kier molecular flexibility index (Phi) is 4.22. The first kappa shape index (κ1) is 14.6. The van der Waals surface area contributed by atoms with Gasteiger partial charge in [0.1, 0.15) is 0 Å². The highest BCUT2D eigenvalue weighted by Crippen LogP contribution is 2.17. The second-order valence-corrected chi connectivity index (χ2v) is 4.46. The third kappa shape index (κ3) is 3.38. The Morgan fingerprint density at radius 2 is 1.86 bits per heavy atom. The van der Waals surface area contributed by atoms with Gasteiger partial charge in [-0.15, -0.1) is 0 Å². The van der Waals surface area contributed by atoms with E-state index >= 15 is 0 Å². The van der Waals surface area contributed by atoms with Crippen molar-refractivity contribution in [1.82, 2.24) is 10.2 Å². The maximum absolute atomic E-state index is 12.2. The van der Waals surface area contributed by atoms with Gasteiger partial charge in [0.15, 0.2) is 0 Å². The Hall–Kier alpha value is -2.83. The Morgan fingerprint density at radius 3 is 2.43 bits per heavy atom. The summed E-state index contributed by atoms with van der Waals surface area (Å²) in [6.45, 7) is 3.54. The molecule has 0 radical (unpaired) electrons. The third-order valence-electron chi connectivity index (χ3n) is 2.91. The number of rotatable bonds is 3. The predicted molar refractivity (Wildman–Crippen MR) is 78.5 cm³/mol. The fourth-order valence-electron chi connectivity index (χ4n) is 1.92. The largest absolute Gasteiger partial charge is 0.453 e. The molecule has 7 heteroatoms. The van der Waals surface area contributed by atoms with E-state index in [0.29, 0.717) is 28.3 Å². The molecule has 110 valence electrons. The lowest BCUT2D eigenvalue weighted by Gasteiger charge is -2.08. The maximum Gasteiger partial charge on any atom is 0.411 e. The molecule has 0 aliphatic rings. The van der Waals surface area contributed by atoms with Crippen LogP contribution in [0, 0.1) is 13.8 Å². The number of hydrogen-bond donors (Lipinski definition) is 3. The Morgan fingerprint density at radius 1 is 1.19 bits per heavy atom. The van der Waals surface area contributed by atoms with Crippen LogP contribution in [0.25, 0.3) is 0 Å². The van der Waals surface area contributed by atoms with Crippen molar-refractivity contribution in [1.29, 1.82) is 0 Å². The van der Waals surface area contributed by atoms with Crippen molar-refractivity contribution in [3.8, 4) is 0 Å². The van der Waals surface area contributed by atoms with E-state index in [1.54, 1.807) is 38.1 Å². The number of H-pyrrole nitrogens is 1. The highest BCUT2D eigenvalue weighted by atomic mass is 16.5. The normalized spacial score (nSPS) is 10.0. The summed E-state index contributed by atoms with van der Waals surface area (Å²) in [4.78, 5) is 23.4. The van der Waals surface area contributed by atoms with Gasteiger partial charge in [-0.05, 0) is 32.0 Å². The smallest absolute Gasteiger partial charge is 0.411 e. The van der Waals surface area contributed by atoms with Gasteiger partial charge < -0.3 is 10.1 Å². The summed E-state index contributed by atoms with van der Waals surface area (Å²) < 4.78 is 4.52. The number of amides is 2. The number of anilines is 2. The number of aromatic amines is 1. The lowest BCUT2D eigenvalue weighted by Crippen LogP contribution is -2.14. The van der Waals surface area contributed by atoms with Crippen LogP contribution >= 0.6 is 0 Å². The van der Waals surface area contributed by atoms with E-state index in [4.69, 9.17) is 0 Å². The van der Waals surface area contributed by atoms with Gasteiger partial charge in [-0.25, -0.2) is 4.79 Å². The molecule has 0 aliphatic carbocycles. The fourth-order valence-corrected chi connectivity index (χ4v) is 1.92. The molecule has 0 aliphatic heterocycles. The number of carbonyl (C=O) groups excluding carboxylic acids is 2. The van der Waals surface area contributed by atoms with Crippen LogP contribution < -0.4 is 10.6 Å². The average molecular weight is 288 g/mol. The van der Waals surface area contributed by atoms with Crippen LogP contribution in [-0.2, 0) is 4.74 Å². The molecule has 3 N–H and O–H groups in total. The molecule has 2 aromatic rings. The summed E-state index contributed by atoms with van der Waals surface area (Å²) in [5, 5.41) is 12.1. The first-order valence-electron chi connectivity index (χ1n) is 6.29. The van der Waals surface area contributed by atoms with E-state index in [2.05, 4.69) is 25.6 Å². The van der Waals surface area contributed by atoms with Crippen molar-refractivity contribution >= 4 is 23.4 Å². The van der Waals surface area contributed by atoms with Crippen molar-refractivity contribution in [2.75, 3.05) is 17.7 Å². The van der Waals surface area contributed by atoms with Gasteiger partial charge in [-0.3, -0.25) is 15.2 Å². The minimum Gasteiger partial charge on any atom is -0.453 e. The van der Waals surface area contributed by atoms with Gasteiger partial charge in [0.25, 0.3) is 5.91 Å². The minimum absolute atomic E-state index is 0.256. The summed E-state index contributed by atoms with van der Waals surface area (Å²) in [5.41, 5.74) is 2.94. The molecular formula is C14H16N4O3. The standard InChI is InChI=1S/C14H16N4O3/c1-8-12(9(2)18-17-8)13(19)15-10-5-4-6-11(7-10)16-14(20)21-3/h4-7H,1-3H3,(H,15,19)(H,16,20)(H,17,18). The first-order valence-corrected chi connectivity index (χ1v) is 6.29. The number of nitrogens with one attached hydrogen (secondary N) is 3. The van der Waals surface area contributed by atoms with Gasteiger partial charge in [0.2, 0.25) is 0 Å². The summed E-state index contributed by atoms with van der Waals surface area (Å²) >= 11 is 0. The van der Waals surface area contributed by atoms with Crippen LogP contribution in [-0.4, -0.2) is 29.3 Å². The van der Waals surface area contributed by atoms with E-state index < -0.39 is 6.09 Å². The third-order valence-corrected chi connectivity index (χ3v) is 2.91. The molecule has 0 unspecified atom stereocenters. The highest BCUT2D eigenvalue weighted by Gasteiger charge is 2.15. The zero-order chi connectivity index (χ0) is 15.4. The van der Waals surface area contributed by atoms with Gasteiger partial charge >= 0.3 is 6.09 Å². The van der Waals surface area contributed by atoms with Crippen LogP contribution in [0.3, 0.4) is 0 Å². The number of carbonyl (C=O) groups is 2. The van der Waals surface area contributed by atoms with Crippen LogP contribution in [0.4, 0.5) is 16.2 Å². The molecule has 0 saturated carbocycles. The first-order chi connectivity index (χ1) is 10.0. The summed E-state index contributed by atoms with van der Waals surface area (Å²) in [6, 6.07) is 6.78. The van der Waals surface area contributed by atoms with Gasteiger partial charge in [-0.2, -0.15) is 5.10 Å². The van der Waals surface area contributed by atoms with Crippen LogP contribution in [0.5, 0.6) is 0 Å². The van der Waals surface area contributed by atoms with E-state index in [1.165, 1.54) is 7.11 Å². The minimum atomic E-state index is -0.569. The lowest BCUT2D eigenvalue weighted by molar-refractivity contribution is 0.102. The molecule has 0 saturated heterocycles. The lowest BCUT2D eigenvalue weighted by atomic mass is 10.2. The van der Waals surface area contributed by atoms with Crippen molar-refractivity contribution < 1.29 is 14.3 Å². The van der Waals surface area contributed by atoms with Crippen molar-refractivity contribution in [3.05, 3.63) is 41.2 Å². The second-order valence-electron chi connectivity index (χ2n) is 4.46. The van der Waals surface area contributed by atoms with E-state index in [0.717, 1.165) is 0 Å². The molecule has 1 aromatic heterocycles. The summed E-state index contributed by atoms with van der Waals surface area (Å²) in [6.07, 6.45) is -0.569. The summed E-state index contributed by atoms with van der Waals surface area (Å²) in [5.74, 6) is -0.256.